The number of hydrogen-bond acceptors (Lipinski definition) is 13. The first kappa shape index (κ1) is 61.5. The molecule has 0 N–H and O–H groups in total. The van der Waals surface area contributed by atoms with Crippen molar-refractivity contribution in [3.63, 3.8) is 0 Å². The Morgan fingerprint density at radius 2 is 1.14 bits per heavy atom. The summed E-state index contributed by atoms with van der Waals surface area (Å²) in [5, 5.41) is 15.3. The molecule has 3 aliphatic carbocycles. The number of isothiocyanates is 1. The van der Waals surface area contributed by atoms with Gasteiger partial charge in [0.15, 0.2) is 0 Å². The van der Waals surface area contributed by atoms with E-state index in [9.17, 15) is 27.6 Å². The van der Waals surface area contributed by atoms with E-state index < -0.39 is 11.9 Å². The molecule has 19 heteroatoms. The van der Waals surface area contributed by atoms with Gasteiger partial charge in [0.1, 0.15) is 5.69 Å². The van der Waals surface area contributed by atoms with Gasteiger partial charge in [-0.25, -0.2) is 4.98 Å². The number of ether oxygens (including phenoxy) is 3. The molecule has 9 rings (SSSR count). The Kier molecular flexibility index (Phi) is 24.4. The second-order valence-electron chi connectivity index (χ2n) is 18.5. The van der Waals surface area contributed by atoms with E-state index in [-0.39, 0.29) is 25.2 Å². The van der Waals surface area contributed by atoms with Gasteiger partial charge in [0.2, 0.25) is 0 Å². The minimum absolute atomic E-state index is 0. The molecule has 0 fully saturated rings. The quantitative estimate of drug-likeness (QED) is 0.0142. The van der Waals surface area contributed by atoms with Gasteiger partial charge in [0.05, 0.1) is 41.6 Å². The van der Waals surface area contributed by atoms with Crippen molar-refractivity contribution in [2.24, 2.45) is 0 Å². The van der Waals surface area contributed by atoms with Crippen LogP contribution in [0.3, 0.4) is 0 Å². The maximum absolute atomic E-state index is 12.7. The summed E-state index contributed by atoms with van der Waals surface area (Å²) in [6.45, 7) is 3.50. The predicted octanol–water partition coefficient (Wildman–Crippen LogP) is 15.2. The second-order valence-corrected chi connectivity index (χ2v) is 19.8. The summed E-state index contributed by atoms with van der Waals surface area (Å²) in [5.41, 5.74) is 12.5. The molecule has 0 spiro atoms. The van der Waals surface area contributed by atoms with Gasteiger partial charge in [-0.3, -0.25) is 29.3 Å². The summed E-state index contributed by atoms with van der Waals surface area (Å²) in [4.78, 5) is 53.5. The second kappa shape index (κ2) is 31.8. The van der Waals surface area contributed by atoms with Gasteiger partial charge in [-0.1, -0.05) is 68.4 Å². The molecule has 0 saturated heterocycles. The van der Waals surface area contributed by atoms with Crippen molar-refractivity contribution in [1.82, 2.24) is 30.1 Å². The Morgan fingerprint density at radius 1 is 0.637 bits per heavy atom. The number of alkyl halides is 3. The van der Waals surface area contributed by atoms with Crippen molar-refractivity contribution in [3.8, 4) is 34.2 Å². The first-order valence-corrected chi connectivity index (χ1v) is 27.0. The SMILES string of the molecule is CCCCCCc1ccc(/C=C/c2ccnc(-c3cc(C(F)(F)F)n[n-]3)c2)s1.O=CO/C=C1/C=C(c2ccnc(-c3cc(C4=C/C(=C/OC=O)CCC4)cc(-c4cc(C5=C/C(=C/OC=O)CCC5)ccn4)n3)c2)CCC1.[N-]=C=S.[Ru+2]. The molecule has 13 nitrogen and oxygen atoms in total. The smallest absolute Gasteiger partial charge is 0.753 e. The van der Waals surface area contributed by atoms with Crippen LogP contribution in [0.4, 0.5) is 13.2 Å². The number of halogens is 3. The van der Waals surface area contributed by atoms with Crippen LogP contribution < -0.4 is 5.10 Å². The molecule has 0 aromatic carbocycles. The molecule has 0 radical (unpaired) electrons. The van der Waals surface area contributed by atoms with E-state index in [0.717, 1.165) is 142 Å². The van der Waals surface area contributed by atoms with E-state index in [4.69, 9.17) is 34.6 Å². The zero-order chi connectivity index (χ0) is 55.8. The van der Waals surface area contributed by atoms with E-state index in [1.807, 2.05) is 24.3 Å². The molecule has 80 heavy (non-hydrogen) atoms. The number of hydrogen-bond donors (Lipinski definition) is 0. The topological polar surface area (TPSA) is 180 Å². The van der Waals surface area contributed by atoms with Crippen molar-refractivity contribution in [3.05, 3.63) is 182 Å². The van der Waals surface area contributed by atoms with Crippen LogP contribution in [-0.4, -0.2) is 49.6 Å². The largest absolute Gasteiger partial charge is 2.00 e. The Bertz CT molecular complexity index is 3240. The van der Waals surface area contributed by atoms with E-state index in [0.29, 0.717) is 36.5 Å². The molecule has 6 aromatic rings. The minimum Gasteiger partial charge on any atom is -0.753 e. The van der Waals surface area contributed by atoms with Crippen LogP contribution in [0, 0.1) is 0 Å². The fourth-order valence-corrected chi connectivity index (χ4v) is 10.1. The zero-order valence-electron chi connectivity index (χ0n) is 43.7. The van der Waals surface area contributed by atoms with Gasteiger partial charge in [-0.05, 0) is 199 Å². The molecule has 0 saturated carbocycles. The first-order chi connectivity index (χ1) is 38.5. The van der Waals surface area contributed by atoms with Gasteiger partial charge in [-0.15, -0.1) is 11.3 Å². The predicted molar refractivity (Wildman–Crippen MR) is 305 cm³/mol. The van der Waals surface area contributed by atoms with Crippen LogP contribution in [0.15, 0.2) is 139 Å². The average molecular weight is 1210 g/mol. The van der Waals surface area contributed by atoms with Crippen molar-refractivity contribution >= 4 is 77.0 Å². The van der Waals surface area contributed by atoms with E-state index in [1.165, 1.54) is 54.5 Å². The molecule has 6 heterocycles. The molecule has 0 bridgehead atoms. The summed E-state index contributed by atoms with van der Waals surface area (Å²) in [5.74, 6) is 0. The van der Waals surface area contributed by atoms with Gasteiger partial charge >= 0.3 is 25.7 Å². The number of carbonyl (C=O) groups is 3. The number of thiophene rings is 1. The number of rotatable bonds is 19. The van der Waals surface area contributed by atoms with Gasteiger partial charge in [0, 0.05) is 34.0 Å². The fourth-order valence-electron chi connectivity index (χ4n) is 9.15. The summed E-state index contributed by atoms with van der Waals surface area (Å²) < 4.78 is 52.8. The standard InChI is InChI=1S/C39H35N3O6.C21H21F3N3S.CNS.Ru/c43-24-46-21-27-4-1-7-30(14-27)33-10-12-40-36(17-33)38-19-35(32-9-3-6-29(16-32)23-48-26-45)20-39(42-38)37-18-34(11-13-41-37)31-8-2-5-28(15-31)22-47-25-44;1-2-3-4-5-6-16-9-10-17(28-16)8-7-15-11-12-25-18(13-15)19-14-20(27-26-19)21(22,23)24;2-1-3;/h10-26H,1-9H2;7-14H,2-6H2,1H3;;/q;2*-1;+2/b27-21+,28-22+,29-23+;8-7+;;. The normalized spacial score (nSPS) is 15.7. The molecule has 3 aliphatic rings. The van der Waals surface area contributed by atoms with E-state index in [1.54, 1.807) is 42.1 Å². The van der Waals surface area contributed by atoms with Crippen molar-refractivity contribution in [2.45, 2.75) is 103 Å². The molecular weight excluding hydrogens is 1150 g/mol. The maximum atomic E-state index is 12.7. The maximum Gasteiger partial charge on any atom is 2.00 e. The number of unbranched alkanes of at least 4 members (excludes halogenated alkanes) is 3. The van der Waals surface area contributed by atoms with Crippen LogP contribution in [-0.2, 0) is 60.7 Å². The first-order valence-electron chi connectivity index (χ1n) is 25.7. The van der Waals surface area contributed by atoms with Crippen molar-refractivity contribution in [2.75, 3.05) is 0 Å². The van der Waals surface area contributed by atoms with Crippen LogP contribution in [0.1, 0.15) is 128 Å². The Morgan fingerprint density at radius 3 is 1.64 bits per heavy atom. The Labute approximate surface area is 484 Å². The molecule has 412 valence electrons. The zero-order valence-corrected chi connectivity index (χ0v) is 47.1. The molecule has 0 unspecified atom stereocenters. The van der Waals surface area contributed by atoms with E-state index >= 15 is 0 Å². The van der Waals surface area contributed by atoms with Crippen molar-refractivity contribution in [1.29, 1.82) is 0 Å². The Balaban J connectivity index is 0.000000274. The van der Waals surface area contributed by atoms with Crippen LogP contribution in [0.2, 0.25) is 0 Å². The van der Waals surface area contributed by atoms with Crippen LogP contribution >= 0.6 is 23.6 Å². The van der Waals surface area contributed by atoms with Crippen LogP contribution in [0.25, 0.3) is 68.4 Å². The molecule has 0 atom stereocenters. The van der Waals surface area contributed by atoms with Gasteiger partial charge < -0.3 is 29.8 Å². The monoisotopic (exact) mass is 1210 g/mol. The third-order valence-electron chi connectivity index (χ3n) is 12.9. The van der Waals surface area contributed by atoms with Gasteiger partial charge in [-0.2, -0.15) is 18.3 Å². The summed E-state index contributed by atoms with van der Waals surface area (Å²) >= 11 is 5.47. The number of aromatic nitrogens is 6. The molecule has 0 aliphatic heterocycles. The molecule has 6 aromatic heterocycles. The number of allylic oxidation sites excluding steroid dienone is 9. The molecular formula is C61H56F3N7O6RuS2. The third-order valence-corrected chi connectivity index (χ3v) is 14.0. The number of thiocarbonyl (C=S) groups is 1. The summed E-state index contributed by atoms with van der Waals surface area (Å²) in [6.07, 6.45) is 29.4. The number of nitrogens with zero attached hydrogens (tertiary/aromatic N) is 7. The third kappa shape index (κ3) is 18.4. The van der Waals surface area contributed by atoms with E-state index in [2.05, 4.69) is 88.9 Å². The molecule has 0 amide bonds. The Hall–Kier alpha value is -7.69. The average Bonchev–Trinajstić information content (AvgIpc) is 4.20. The number of aryl methyl sites for hydroxylation is 1. The van der Waals surface area contributed by atoms with Crippen LogP contribution in [0.5, 0.6) is 0 Å². The van der Waals surface area contributed by atoms with Gasteiger partial charge in [0.25, 0.3) is 19.4 Å². The number of pyridine rings is 4. The number of carbonyl (C=O) groups excluding carboxylic acids is 3. The van der Waals surface area contributed by atoms with Crippen molar-refractivity contribution < 1.29 is 61.2 Å². The summed E-state index contributed by atoms with van der Waals surface area (Å²) in [6, 6.07) is 20.9. The summed E-state index contributed by atoms with van der Waals surface area (Å²) in [7, 11) is 0. The minimum atomic E-state index is -4.50. The fraction of sp³-hybridized carbons (Fsp3) is 0.262.